The van der Waals surface area contributed by atoms with Crippen molar-refractivity contribution in [2.45, 2.75) is 58.3 Å². The summed E-state index contributed by atoms with van der Waals surface area (Å²) in [6.45, 7) is 4.50. The van der Waals surface area contributed by atoms with Crippen LogP contribution in [0, 0.1) is 11.3 Å². The van der Waals surface area contributed by atoms with Crippen molar-refractivity contribution in [2.24, 2.45) is 11.3 Å². The average molecular weight is 310 g/mol. The smallest absolute Gasteiger partial charge is 0.158 e. The maximum atomic E-state index is 12.2. The summed E-state index contributed by atoms with van der Waals surface area (Å²) < 4.78 is 5.60. The van der Waals surface area contributed by atoms with Crippen molar-refractivity contribution in [3.05, 3.63) is 40.5 Å². The molecule has 0 radical (unpaired) electrons. The van der Waals surface area contributed by atoms with E-state index in [-0.39, 0.29) is 5.41 Å². The van der Waals surface area contributed by atoms with Crippen molar-refractivity contribution >= 4 is 5.78 Å². The first-order valence-corrected chi connectivity index (χ1v) is 8.95. The van der Waals surface area contributed by atoms with Crippen LogP contribution in [0.1, 0.15) is 63.0 Å². The Morgan fingerprint density at radius 1 is 1.17 bits per heavy atom. The molecule has 1 fully saturated rings. The Balaban J connectivity index is 1.79. The summed E-state index contributed by atoms with van der Waals surface area (Å²) in [5.74, 6) is 2.74. The number of carbonyl (C=O) groups is 1. The molecule has 0 unspecified atom stereocenters. The van der Waals surface area contributed by atoms with Crippen molar-refractivity contribution in [1.29, 1.82) is 0 Å². The molecule has 23 heavy (non-hydrogen) atoms. The molecule has 0 spiro atoms. The van der Waals surface area contributed by atoms with E-state index in [1.165, 1.54) is 29.5 Å². The number of ether oxygens (including phenoxy) is 1. The second-order valence-corrected chi connectivity index (χ2v) is 7.76. The summed E-state index contributed by atoms with van der Waals surface area (Å²) in [5.41, 5.74) is 5.71. The van der Waals surface area contributed by atoms with Gasteiger partial charge in [0.15, 0.2) is 5.78 Å². The van der Waals surface area contributed by atoms with Crippen molar-refractivity contribution in [1.82, 2.24) is 0 Å². The predicted molar refractivity (Wildman–Crippen MR) is 91.8 cm³/mol. The molecule has 3 aliphatic carbocycles. The second kappa shape index (κ2) is 5.22. The number of ketones is 1. The number of benzene rings is 1. The number of fused-ring (bicyclic) bond motifs is 5. The largest absolute Gasteiger partial charge is 0.496 e. The van der Waals surface area contributed by atoms with Gasteiger partial charge in [0.1, 0.15) is 5.75 Å². The number of hydrogen-bond donors (Lipinski definition) is 0. The molecule has 0 saturated heterocycles. The zero-order chi connectivity index (χ0) is 16.2. The maximum absolute atomic E-state index is 12.2. The lowest BCUT2D eigenvalue weighted by atomic mass is 9.51. The van der Waals surface area contributed by atoms with Gasteiger partial charge < -0.3 is 4.74 Å². The molecule has 2 heteroatoms. The monoisotopic (exact) mass is 310 g/mol. The number of carbonyl (C=O) groups excluding carboxylic acids is 1. The van der Waals surface area contributed by atoms with Crippen LogP contribution in [0.4, 0.5) is 0 Å². The van der Waals surface area contributed by atoms with E-state index in [2.05, 4.69) is 32.0 Å². The molecular formula is C21H26O2. The number of Topliss-reactive ketones (excluding diaryl/α,β-unsaturated/α-hetero) is 1. The van der Waals surface area contributed by atoms with E-state index in [0.29, 0.717) is 17.6 Å². The third-order valence-corrected chi connectivity index (χ3v) is 6.94. The van der Waals surface area contributed by atoms with Gasteiger partial charge in [-0.1, -0.05) is 24.6 Å². The van der Waals surface area contributed by atoms with Crippen LogP contribution in [0.5, 0.6) is 5.75 Å². The Morgan fingerprint density at radius 2 is 2.00 bits per heavy atom. The van der Waals surface area contributed by atoms with Gasteiger partial charge in [0.2, 0.25) is 0 Å². The van der Waals surface area contributed by atoms with Crippen molar-refractivity contribution in [3.8, 4) is 5.75 Å². The highest BCUT2D eigenvalue weighted by Gasteiger charge is 2.50. The van der Waals surface area contributed by atoms with E-state index in [0.717, 1.165) is 37.0 Å². The standard InChI is InChI=1S/C21H26O2/c1-13-17-9-7-15-14-5-4-6-20(23-3)16(14)8-10-18(15)21(17,2)12-11-19(13)22/h4-6,15,18H,7-12H2,1-3H3/t15-,18-,21+/m1/s1. The fourth-order valence-electron chi connectivity index (χ4n) is 5.72. The third-order valence-electron chi connectivity index (χ3n) is 6.94. The Kier molecular flexibility index (Phi) is 3.40. The first-order chi connectivity index (χ1) is 11.1. The van der Waals surface area contributed by atoms with Gasteiger partial charge in [-0.2, -0.15) is 0 Å². The lowest BCUT2D eigenvalue weighted by Gasteiger charge is -2.53. The van der Waals surface area contributed by atoms with Crippen LogP contribution in [0.2, 0.25) is 0 Å². The van der Waals surface area contributed by atoms with Gasteiger partial charge in [-0.3, -0.25) is 4.79 Å². The van der Waals surface area contributed by atoms with Crippen LogP contribution < -0.4 is 4.74 Å². The fraction of sp³-hybridized carbons (Fsp3) is 0.571. The zero-order valence-corrected chi connectivity index (χ0v) is 14.4. The van der Waals surface area contributed by atoms with Crippen LogP contribution >= 0.6 is 0 Å². The first kappa shape index (κ1) is 15.0. The van der Waals surface area contributed by atoms with Gasteiger partial charge in [-0.15, -0.1) is 0 Å². The SMILES string of the molecule is COc1cccc2c1CC[C@@H]1[C@@H]2CCC2=C(C)C(=O)CC[C@@]21C. The van der Waals surface area contributed by atoms with E-state index in [9.17, 15) is 4.79 Å². The van der Waals surface area contributed by atoms with E-state index in [1.54, 1.807) is 7.11 Å². The second-order valence-electron chi connectivity index (χ2n) is 7.76. The third kappa shape index (κ3) is 2.03. The van der Waals surface area contributed by atoms with Crippen LogP contribution in [0.15, 0.2) is 29.3 Å². The highest BCUT2D eigenvalue weighted by Crippen LogP contribution is 2.60. The highest BCUT2D eigenvalue weighted by atomic mass is 16.5. The lowest BCUT2D eigenvalue weighted by Crippen LogP contribution is -2.43. The summed E-state index contributed by atoms with van der Waals surface area (Å²) in [5, 5.41) is 0. The summed E-state index contributed by atoms with van der Waals surface area (Å²) in [6.07, 6.45) is 6.38. The van der Waals surface area contributed by atoms with Crippen molar-refractivity contribution in [3.63, 3.8) is 0 Å². The molecule has 4 rings (SSSR count). The number of hydrogen-bond acceptors (Lipinski definition) is 2. The molecule has 0 aromatic heterocycles. The molecule has 122 valence electrons. The molecule has 0 bridgehead atoms. The lowest BCUT2D eigenvalue weighted by molar-refractivity contribution is -0.117. The van der Waals surface area contributed by atoms with Crippen LogP contribution in [-0.4, -0.2) is 12.9 Å². The van der Waals surface area contributed by atoms with Crippen molar-refractivity contribution < 1.29 is 9.53 Å². The van der Waals surface area contributed by atoms with Gasteiger partial charge in [0.05, 0.1) is 7.11 Å². The minimum atomic E-state index is 0.224. The quantitative estimate of drug-likeness (QED) is 0.743. The average Bonchev–Trinajstić information content (AvgIpc) is 2.57. The molecule has 1 saturated carbocycles. The molecule has 0 N–H and O–H groups in total. The van der Waals surface area contributed by atoms with Crippen LogP contribution in [-0.2, 0) is 11.2 Å². The summed E-state index contributed by atoms with van der Waals surface area (Å²) in [6, 6.07) is 6.55. The molecule has 3 aliphatic rings. The maximum Gasteiger partial charge on any atom is 0.158 e. The topological polar surface area (TPSA) is 26.3 Å². The number of allylic oxidation sites excluding steroid dienone is 2. The van der Waals surface area contributed by atoms with Gasteiger partial charge in [0.25, 0.3) is 0 Å². The van der Waals surface area contributed by atoms with Crippen LogP contribution in [0.3, 0.4) is 0 Å². The molecule has 0 aliphatic heterocycles. The summed E-state index contributed by atoms with van der Waals surface area (Å²) in [7, 11) is 1.78. The predicted octanol–water partition coefficient (Wildman–Crippen LogP) is 4.82. The summed E-state index contributed by atoms with van der Waals surface area (Å²) >= 11 is 0. The van der Waals surface area contributed by atoms with Gasteiger partial charge in [0, 0.05) is 6.42 Å². The Hall–Kier alpha value is -1.57. The van der Waals surface area contributed by atoms with E-state index >= 15 is 0 Å². The molecule has 3 atom stereocenters. The zero-order valence-electron chi connectivity index (χ0n) is 14.4. The summed E-state index contributed by atoms with van der Waals surface area (Å²) in [4.78, 5) is 12.2. The molecule has 0 amide bonds. The van der Waals surface area contributed by atoms with E-state index < -0.39 is 0 Å². The number of rotatable bonds is 1. The van der Waals surface area contributed by atoms with Crippen molar-refractivity contribution in [2.75, 3.05) is 7.11 Å². The normalized spacial score (nSPS) is 32.9. The van der Waals surface area contributed by atoms with Gasteiger partial charge in [-0.05, 0) is 79.0 Å². The molecule has 0 heterocycles. The fourth-order valence-corrected chi connectivity index (χ4v) is 5.72. The minimum Gasteiger partial charge on any atom is -0.496 e. The van der Waals surface area contributed by atoms with Gasteiger partial charge in [-0.25, -0.2) is 0 Å². The van der Waals surface area contributed by atoms with Crippen LogP contribution in [0.25, 0.3) is 0 Å². The molecule has 1 aromatic rings. The Bertz CT molecular complexity index is 700. The molecule has 1 aromatic carbocycles. The Morgan fingerprint density at radius 3 is 2.78 bits per heavy atom. The van der Waals surface area contributed by atoms with E-state index in [1.807, 2.05) is 0 Å². The number of methoxy groups -OCH3 is 1. The van der Waals surface area contributed by atoms with E-state index in [4.69, 9.17) is 4.74 Å². The highest BCUT2D eigenvalue weighted by molar-refractivity contribution is 5.96. The molecular weight excluding hydrogens is 284 g/mol. The molecule has 2 nitrogen and oxygen atoms in total. The minimum absolute atomic E-state index is 0.224. The Labute approximate surface area is 138 Å². The van der Waals surface area contributed by atoms with Gasteiger partial charge >= 0.3 is 0 Å². The first-order valence-electron chi connectivity index (χ1n) is 8.95.